The van der Waals surface area contributed by atoms with Crippen LogP contribution in [0.15, 0.2) is 18.2 Å². The van der Waals surface area contributed by atoms with Gasteiger partial charge in [0.2, 0.25) is 0 Å². The van der Waals surface area contributed by atoms with Crippen molar-refractivity contribution in [2.45, 2.75) is 39.0 Å². The molecule has 0 unspecified atom stereocenters. The maximum Gasteiger partial charge on any atom is 0.311 e. The lowest BCUT2D eigenvalue weighted by Gasteiger charge is -2.15. The zero-order chi connectivity index (χ0) is 12.3. The van der Waals surface area contributed by atoms with E-state index in [9.17, 15) is 9.59 Å². The molecule has 17 heavy (non-hydrogen) atoms. The van der Waals surface area contributed by atoms with Crippen molar-refractivity contribution in [1.82, 2.24) is 0 Å². The van der Waals surface area contributed by atoms with Gasteiger partial charge in [0, 0.05) is 18.4 Å². The van der Waals surface area contributed by atoms with Crippen molar-refractivity contribution in [3.05, 3.63) is 29.3 Å². The predicted octanol–water partition coefficient (Wildman–Crippen LogP) is 2.91. The van der Waals surface area contributed by atoms with E-state index in [-0.39, 0.29) is 11.8 Å². The van der Waals surface area contributed by atoms with Crippen LogP contribution in [0.1, 0.15) is 48.5 Å². The highest BCUT2D eigenvalue weighted by molar-refractivity contribution is 5.98. The molecule has 0 saturated carbocycles. The quantitative estimate of drug-likeness (QED) is 0.594. The van der Waals surface area contributed by atoms with Crippen LogP contribution in [0, 0.1) is 0 Å². The van der Waals surface area contributed by atoms with Gasteiger partial charge in [0.15, 0.2) is 5.78 Å². The lowest BCUT2D eigenvalue weighted by atomic mass is 9.90. The number of rotatable bonds is 3. The van der Waals surface area contributed by atoms with Crippen LogP contribution in [-0.4, -0.2) is 11.8 Å². The molecule has 0 N–H and O–H groups in total. The minimum Gasteiger partial charge on any atom is -0.427 e. The van der Waals surface area contributed by atoms with Crippen LogP contribution >= 0.6 is 0 Å². The van der Waals surface area contributed by atoms with Gasteiger partial charge in [0.1, 0.15) is 5.75 Å². The molecule has 0 bridgehead atoms. The van der Waals surface area contributed by atoms with Crippen LogP contribution in [0.2, 0.25) is 0 Å². The summed E-state index contributed by atoms with van der Waals surface area (Å²) in [5, 5.41) is 0. The number of ketones is 1. The number of fused-ring (bicyclic) bond motifs is 1. The van der Waals surface area contributed by atoms with Crippen molar-refractivity contribution >= 4 is 11.8 Å². The second kappa shape index (κ2) is 5.13. The number of esters is 1. The standard InChI is InChI=1S/C14H16O3/c1-2-4-14(16)17-11-7-8-12-10(9-11)5-3-6-13(12)15/h7-9H,2-6H2,1H3. The molecule has 0 saturated heterocycles. The molecule has 1 aliphatic carbocycles. The van der Waals surface area contributed by atoms with Crippen molar-refractivity contribution in [3.63, 3.8) is 0 Å². The molecule has 1 aromatic rings. The molecular weight excluding hydrogens is 216 g/mol. The number of hydrogen-bond acceptors (Lipinski definition) is 3. The van der Waals surface area contributed by atoms with Crippen LogP contribution in [-0.2, 0) is 11.2 Å². The Morgan fingerprint density at radius 3 is 2.94 bits per heavy atom. The fourth-order valence-corrected chi connectivity index (χ4v) is 2.07. The highest BCUT2D eigenvalue weighted by atomic mass is 16.5. The van der Waals surface area contributed by atoms with Gasteiger partial charge in [-0.25, -0.2) is 0 Å². The Balaban J connectivity index is 2.16. The molecule has 2 rings (SSSR count). The van der Waals surface area contributed by atoms with Gasteiger partial charge in [-0.3, -0.25) is 9.59 Å². The summed E-state index contributed by atoms with van der Waals surface area (Å²) in [4.78, 5) is 23.0. The fraction of sp³-hybridized carbons (Fsp3) is 0.429. The molecule has 0 aliphatic heterocycles. The normalized spacial score (nSPS) is 14.3. The second-order valence-electron chi connectivity index (χ2n) is 4.32. The second-order valence-corrected chi connectivity index (χ2v) is 4.32. The topological polar surface area (TPSA) is 43.4 Å². The van der Waals surface area contributed by atoms with Gasteiger partial charge in [-0.05, 0) is 43.0 Å². The minimum absolute atomic E-state index is 0.192. The Bertz CT molecular complexity index is 449. The number of carbonyl (C=O) groups is 2. The largest absolute Gasteiger partial charge is 0.427 e. The molecule has 1 aromatic carbocycles. The first-order valence-electron chi connectivity index (χ1n) is 6.07. The molecular formula is C14H16O3. The first kappa shape index (κ1) is 11.8. The van der Waals surface area contributed by atoms with Gasteiger partial charge >= 0.3 is 5.97 Å². The molecule has 90 valence electrons. The first-order chi connectivity index (χ1) is 8.20. The molecule has 3 heteroatoms. The van der Waals surface area contributed by atoms with E-state index in [4.69, 9.17) is 4.74 Å². The van der Waals surface area contributed by atoms with Gasteiger partial charge in [-0.1, -0.05) is 6.92 Å². The average molecular weight is 232 g/mol. The van der Waals surface area contributed by atoms with E-state index in [1.54, 1.807) is 12.1 Å². The molecule has 0 aromatic heterocycles. The van der Waals surface area contributed by atoms with Crippen LogP contribution in [0.5, 0.6) is 5.75 Å². The van der Waals surface area contributed by atoms with Gasteiger partial charge in [-0.15, -0.1) is 0 Å². The Morgan fingerprint density at radius 2 is 2.18 bits per heavy atom. The molecule has 1 aliphatic rings. The van der Waals surface area contributed by atoms with E-state index in [0.29, 0.717) is 18.6 Å². The predicted molar refractivity (Wildman–Crippen MR) is 64.3 cm³/mol. The minimum atomic E-state index is -0.213. The fourth-order valence-electron chi connectivity index (χ4n) is 2.07. The maximum atomic E-state index is 11.6. The summed E-state index contributed by atoms with van der Waals surface area (Å²) < 4.78 is 5.21. The van der Waals surface area contributed by atoms with Crippen LogP contribution in [0.3, 0.4) is 0 Å². The Morgan fingerprint density at radius 1 is 1.35 bits per heavy atom. The summed E-state index contributed by atoms with van der Waals surface area (Å²) in [6, 6.07) is 5.29. The zero-order valence-electron chi connectivity index (χ0n) is 9.99. The van der Waals surface area contributed by atoms with Crippen LogP contribution < -0.4 is 4.74 Å². The van der Waals surface area contributed by atoms with Crippen molar-refractivity contribution < 1.29 is 14.3 Å². The Labute approximate surface area is 101 Å². The monoisotopic (exact) mass is 232 g/mol. The van der Waals surface area contributed by atoms with E-state index >= 15 is 0 Å². The van der Waals surface area contributed by atoms with Gasteiger partial charge in [-0.2, -0.15) is 0 Å². The smallest absolute Gasteiger partial charge is 0.311 e. The summed E-state index contributed by atoms with van der Waals surface area (Å²) in [5.74, 6) is 0.532. The van der Waals surface area contributed by atoms with E-state index in [1.165, 1.54) is 0 Å². The van der Waals surface area contributed by atoms with E-state index in [2.05, 4.69) is 0 Å². The van der Waals surface area contributed by atoms with Gasteiger partial charge in [0.05, 0.1) is 0 Å². The Kier molecular flexibility index (Phi) is 3.57. The number of aryl methyl sites for hydroxylation is 1. The van der Waals surface area contributed by atoms with E-state index < -0.39 is 0 Å². The van der Waals surface area contributed by atoms with Gasteiger partial charge < -0.3 is 4.74 Å². The van der Waals surface area contributed by atoms with Gasteiger partial charge in [0.25, 0.3) is 0 Å². The third-order valence-electron chi connectivity index (χ3n) is 2.91. The molecule has 0 spiro atoms. The average Bonchev–Trinajstić information content (AvgIpc) is 2.29. The van der Waals surface area contributed by atoms with Crippen molar-refractivity contribution in [2.24, 2.45) is 0 Å². The molecule has 0 heterocycles. The molecule has 0 atom stereocenters. The van der Waals surface area contributed by atoms with Crippen molar-refractivity contribution in [2.75, 3.05) is 0 Å². The lowest BCUT2D eigenvalue weighted by Crippen LogP contribution is -2.12. The summed E-state index contributed by atoms with van der Waals surface area (Å²) >= 11 is 0. The maximum absolute atomic E-state index is 11.6. The summed E-state index contributed by atoms with van der Waals surface area (Å²) in [6.07, 6.45) is 3.61. The Hall–Kier alpha value is -1.64. The number of carbonyl (C=O) groups excluding carboxylic acids is 2. The summed E-state index contributed by atoms with van der Waals surface area (Å²) in [5.41, 5.74) is 1.79. The third kappa shape index (κ3) is 2.73. The number of hydrogen-bond donors (Lipinski definition) is 0. The highest BCUT2D eigenvalue weighted by Gasteiger charge is 2.17. The number of ether oxygens (including phenoxy) is 1. The van der Waals surface area contributed by atoms with Crippen molar-refractivity contribution in [1.29, 1.82) is 0 Å². The van der Waals surface area contributed by atoms with Crippen LogP contribution in [0.4, 0.5) is 0 Å². The highest BCUT2D eigenvalue weighted by Crippen LogP contribution is 2.25. The number of benzene rings is 1. The molecule has 0 amide bonds. The lowest BCUT2D eigenvalue weighted by molar-refractivity contribution is -0.134. The van der Waals surface area contributed by atoms with Crippen LogP contribution in [0.25, 0.3) is 0 Å². The number of Topliss-reactive ketones (excluding diaryl/α,β-unsaturated/α-hetero) is 1. The first-order valence-corrected chi connectivity index (χ1v) is 6.07. The van der Waals surface area contributed by atoms with E-state index in [1.807, 2.05) is 13.0 Å². The summed E-state index contributed by atoms with van der Waals surface area (Å²) in [7, 11) is 0. The molecule has 0 radical (unpaired) electrons. The van der Waals surface area contributed by atoms with Crippen molar-refractivity contribution in [3.8, 4) is 5.75 Å². The molecule has 3 nitrogen and oxygen atoms in total. The molecule has 0 fully saturated rings. The zero-order valence-corrected chi connectivity index (χ0v) is 9.99. The SMILES string of the molecule is CCCC(=O)Oc1ccc2c(c1)CCCC2=O. The summed E-state index contributed by atoms with van der Waals surface area (Å²) in [6.45, 7) is 1.94. The van der Waals surface area contributed by atoms with E-state index in [0.717, 1.165) is 30.4 Å². The third-order valence-corrected chi connectivity index (χ3v) is 2.91.